The van der Waals surface area contributed by atoms with Gasteiger partial charge in [0.1, 0.15) is 4.90 Å². The molecular formula is C10H6Br2N2O4S2. The van der Waals surface area contributed by atoms with Crippen molar-refractivity contribution in [3.63, 3.8) is 0 Å². The second kappa shape index (κ2) is 5.80. The molecule has 106 valence electrons. The SMILES string of the molecule is O=C(O)c1ccncc1NS(=O)(=O)c1cc(Br)sc1Br. The van der Waals surface area contributed by atoms with Crippen LogP contribution < -0.4 is 4.72 Å². The molecule has 0 atom stereocenters. The molecule has 2 aromatic heterocycles. The molecule has 0 spiro atoms. The number of thiophene rings is 1. The molecule has 0 radical (unpaired) electrons. The maximum absolute atomic E-state index is 12.2. The van der Waals surface area contributed by atoms with Crippen LogP contribution in [-0.2, 0) is 10.0 Å². The van der Waals surface area contributed by atoms with Crippen molar-refractivity contribution < 1.29 is 18.3 Å². The van der Waals surface area contributed by atoms with Crippen LogP contribution in [0.5, 0.6) is 0 Å². The fraction of sp³-hybridized carbons (Fsp3) is 0. The van der Waals surface area contributed by atoms with E-state index in [0.717, 1.165) is 6.20 Å². The van der Waals surface area contributed by atoms with Gasteiger partial charge in [-0.1, -0.05) is 0 Å². The summed E-state index contributed by atoms with van der Waals surface area (Å²) in [5.74, 6) is -1.24. The average Bonchev–Trinajstić information content (AvgIpc) is 2.69. The summed E-state index contributed by atoms with van der Waals surface area (Å²) in [6, 6.07) is 2.65. The molecule has 2 heterocycles. The zero-order valence-corrected chi connectivity index (χ0v) is 14.3. The van der Waals surface area contributed by atoms with E-state index < -0.39 is 16.0 Å². The predicted octanol–water partition coefficient (Wildman–Crippen LogP) is 3.17. The van der Waals surface area contributed by atoms with E-state index in [9.17, 15) is 13.2 Å². The fourth-order valence-corrected chi connectivity index (χ4v) is 6.25. The van der Waals surface area contributed by atoms with Crippen LogP contribution in [0.2, 0.25) is 0 Å². The van der Waals surface area contributed by atoms with Gasteiger partial charge in [0.2, 0.25) is 0 Å². The van der Waals surface area contributed by atoms with Gasteiger partial charge in [-0.05, 0) is 44.0 Å². The number of hydrogen-bond donors (Lipinski definition) is 2. The summed E-state index contributed by atoms with van der Waals surface area (Å²) in [5.41, 5.74) is -0.261. The van der Waals surface area contributed by atoms with Crippen LogP contribution in [0.4, 0.5) is 5.69 Å². The Morgan fingerprint density at radius 3 is 2.65 bits per heavy atom. The van der Waals surface area contributed by atoms with Crippen molar-refractivity contribution in [2.24, 2.45) is 0 Å². The highest BCUT2D eigenvalue weighted by Crippen LogP contribution is 2.35. The van der Waals surface area contributed by atoms with Gasteiger partial charge >= 0.3 is 5.97 Å². The lowest BCUT2D eigenvalue weighted by atomic mass is 10.2. The molecule has 0 saturated heterocycles. The average molecular weight is 442 g/mol. The number of aromatic carboxylic acids is 1. The van der Waals surface area contributed by atoms with Crippen molar-refractivity contribution in [2.45, 2.75) is 4.90 Å². The summed E-state index contributed by atoms with van der Waals surface area (Å²) < 4.78 is 27.7. The third kappa shape index (κ3) is 3.19. The summed E-state index contributed by atoms with van der Waals surface area (Å²) in [4.78, 5) is 14.8. The Balaban J connectivity index is 2.44. The Kier molecular flexibility index (Phi) is 4.47. The predicted molar refractivity (Wildman–Crippen MR) is 81.7 cm³/mol. The fourth-order valence-electron chi connectivity index (χ4n) is 1.37. The number of carboxylic acid groups (broad SMARTS) is 1. The van der Waals surface area contributed by atoms with Crippen molar-refractivity contribution in [1.82, 2.24) is 4.98 Å². The van der Waals surface area contributed by atoms with Gasteiger partial charge < -0.3 is 5.11 Å². The second-order valence-electron chi connectivity index (χ2n) is 3.52. The van der Waals surface area contributed by atoms with Crippen molar-refractivity contribution in [3.8, 4) is 0 Å². The van der Waals surface area contributed by atoms with Gasteiger partial charge in [0, 0.05) is 6.20 Å². The standard InChI is InChI=1S/C10H6Br2N2O4S2/c11-8-3-7(9(12)19-8)20(17,18)14-6-4-13-2-1-5(6)10(15)16/h1-4,14H,(H,15,16). The topological polar surface area (TPSA) is 96.4 Å². The quantitative estimate of drug-likeness (QED) is 0.759. The third-order valence-corrected chi connectivity index (χ3v) is 6.33. The highest BCUT2D eigenvalue weighted by atomic mass is 79.9. The normalized spacial score (nSPS) is 11.3. The number of halogens is 2. The molecule has 6 nitrogen and oxygen atoms in total. The van der Waals surface area contributed by atoms with Gasteiger partial charge in [0.25, 0.3) is 10.0 Å². The van der Waals surface area contributed by atoms with Crippen molar-refractivity contribution in [2.75, 3.05) is 4.72 Å². The summed E-state index contributed by atoms with van der Waals surface area (Å²) in [5, 5.41) is 9.01. The number of carboxylic acids is 1. The Morgan fingerprint density at radius 1 is 1.40 bits per heavy atom. The van der Waals surface area contributed by atoms with Gasteiger partial charge in [0.05, 0.1) is 25.0 Å². The molecule has 0 aromatic carbocycles. The minimum absolute atomic E-state index is 0.0227. The largest absolute Gasteiger partial charge is 0.478 e. The first kappa shape index (κ1) is 15.4. The lowest BCUT2D eigenvalue weighted by molar-refractivity contribution is 0.0698. The van der Waals surface area contributed by atoms with E-state index in [-0.39, 0.29) is 16.1 Å². The van der Waals surface area contributed by atoms with E-state index >= 15 is 0 Å². The van der Waals surface area contributed by atoms with Gasteiger partial charge in [-0.2, -0.15) is 0 Å². The zero-order valence-electron chi connectivity index (χ0n) is 9.50. The van der Waals surface area contributed by atoms with Crippen LogP contribution in [0.3, 0.4) is 0 Å². The molecule has 0 amide bonds. The molecule has 10 heteroatoms. The van der Waals surface area contributed by atoms with Gasteiger partial charge in [0.15, 0.2) is 0 Å². The molecule has 0 fully saturated rings. The molecule has 0 unspecified atom stereocenters. The first-order valence-corrected chi connectivity index (χ1v) is 8.85. The van der Waals surface area contributed by atoms with Crippen LogP contribution in [-0.4, -0.2) is 24.5 Å². The first-order valence-electron chi connectivity index (χ1n) is 4.96. The minimum atomic E-state index is -3.90. The molecule has 0 aliphatic rings. The van der Waals surface area contributed by atoms with E-state index in [1.54, 1.807) is 0 Å². The van der Waals surface area contributed by atoms with Crippen molar-refractivity contribution >= 4 is 64.9 Å². The number of nitrogens with one attached hydrogen (secondary N) is 1. The molecule has 20 heavy (non-hydrogen) atoms. The van der Waals surface area contributed by atoms with E-state index in [1.165, 1.54) is 29.7 Å². The monoisotopic (exact) mass is 440 g/mol. The van der Waals surface area contributed by atoms with E-state index in [4.69, 9.17) is 5.11 Å². The van der Waals surface area contributed by atoms with Gasteiger partial charge in [-0.25, -0.2) is 13.2 Å². The smallest absolute Gasteiger partial charge is 0.337 e. The maximum atomic E-state index is 12.2. The maximum Gasteiger partial charge on any atom is 0.337 e. The number of pyridine rings is 1. The van der Waals surface area contributed by atoms with E-state index in [2.05, 4.69) is 41.6 Å². The number of nitrogens with zero attached hydrogens (tertiary/aromatic N) is 1. The Labute approximate surface area is 135 Å². The van der Waals surface area contributed by atoms with Crippen LogP contribution in [0.15, 0.2) is 37.0 Å². The molecular weight excluding hydrogens is 436 g/mol. The second-order valence-corrected chi connectivity index (χ2v) is 8.92. The number of rotatable bonds is 4. The summed E-state index contributed by atoms with van der Waals surface area (Å²) in [6.07, 6.45) is 2.43. The van der Waals surface area contributed by atoms with Crippen molar-refractivity contribution in [1.29, 1.82) is 0 Å². The molecule has 2 N–H and O–H groups in total. The van der Waals surface area contributed by atoms with E-state index in [0.29, 0.717) is 7.57 Å². The molecule has 0 bridgehead atoms. The van der Waals surface area contributed by atoms with Crippen LogP contribution in [0, 0.1) is 0 Å². The highest BCUT2D eigenvalue weighted by molar-refractivity contribution is 9.12. The molecule has 0 aliphatic heterocycles. The summed E-state index contributed by atoms with van der Waals surface area (Å²) in [6.45, 7) is 0. The Hall–Kier alpha value is -0.970. The summed E-state index contributed by atoms with van der Waals surface area (Å²) >= 11 is 7.54. The third-order valence-electron chi connectivity index (χ3n) is 2.21. The minimum Gasteiger partial charge on any atom is -0.478 e. The Morgan fingerprint density at radius 2 is 2.10 bits per heavy atom. The first-order chi connectivity index (χ1) is 9.31. The lowest BCUT2D eigenvalue weighted by Crippen LogP contribution is -2.15. The summed E-state index contributed by atoms with van der Waals surface area (Å²) in [7, 11) is -3.90. The number of sulfonamides is 1. The lowest BCUT2D eigenvalue weighted by Gasteiger charge is -2.09. The molecule has 0 aliphatic carbocycles. The van der Waals surface area contributed by atoms with Crippen LogP contribution >= 0.6 is 43.2 Å². The van der Waals surface area contributed by atoms with Gasteiger partial charge in [-0.3, -0.25) is 9.71 Å². The molecule has 2 aromatic rings. The number of carbonyl (C=O) groups is 1. The van der Waals surface area contributed by atoms with Gasteiger partial charge in [-0.15, -0.1) is 11.3 Å². The van der Waals surface area contributed by atoms with Crippen LogP contribution in [0.25, 0.3) is 0 Å². The van der Waals surface area contributed by atoms with Crippen molar-refractivity contribution in [3.05, 3.63) is 37.7 Å². The number of hydrogen-bond acceptors (Lipinski definition) is 5. The molecule has 2 rings (SSSR count). The Bertz CT molecular complexity index is 773. The highest BCUT2D eigenvalue weighted by Gasteiger charge is 2.23. The number of aromatic nitrogens is 1. The zero-order chi connectivity index (χ0) is 14.9. The number of anilines is 1. The van der Waals surface area contributed by atoms with Crippen LogP contribution in [0.1, 0.15) is 10.4 Å². The molecule has 0 saturated carbocycles. The van der Waals surface area contributed by atoms with E-state index in [1.807, 2.05) is 0 Å².